The molecule has 1 N–H and O–H groups in total. The SMILES string of the molecule is CC/C=C/C(=O)Cc1cc2c(Nc3ccc(F)c(Cl)c3)c(Cl)cnc2cc1OCC. The average Bonchev–Trinajstić information content (AvgIpc) is 2.72. The number of pyridine rings is 1. The van der Waals surface area contributed by atoms with Crippen LogP contribution in [0.15, 0.2) is 48.7 Å². The van der Waals surface area contributed by atoms with E-state index in [4.69, 9.17) is 27.9 Å². The van der Waals surface area contributed by atoms with Crippen LogP contribution in [-0.4, -0.2) is 17.4 Å². The van der Waals surface area contributed by atoms with Gasteiger partial charge < -0.3 is 10.1 Å². The molecular formula is C23H21Cl2FN2O2. The Morgan fingerprint density at radius 1 is 1.20 bits per heavy atom. The number of nitrogens with zero attached hydrogens (tertiary/aromatic N) is 1. The molecule has 3 aromatic rings. The highest BCUT2D eigenvalue weighted by molar-refractivity contribution is 6.35. The van der Waals surface area contributed by atoms with Gasteiger partial charge >= 0.3 is 0 Å². The molecule has 156 valence electrons. The number of carbonyl (C=O) groups is 1. The molecule has 0 unspecified atom stereocenters. The minimum atomic E-state index is -0.504. The second-order valence-electron chi connectivity index (χ2n) is 6.60. The van der Waals surface area contributed by atoms with Crippen LogP contribution in [0.3, 0.4) is 0 Å². The molecule has 30 heavy (non-hydrogen) atoms. The zero-order valence-electron chi connectivity index (χ0n) is 16.6. The molecule has 3 rings (SSSR count). The van der Waals surface area contributed by atoms with Gasteiger partial charge in [0.15, 0.2) is 5.78 Å². The molecule has 0 atom stereocenters. The highest BCUT2D eigenvalue weighted by atomic mass is 35.5. The fourth-order valence-corrected chi connectivity index (χ4v) is 3.39. The Balaban J connectivity index is 2.09. The number of hydrogen-bond donors (Lipinski definition) is 1. The summed E-state index contributed by atoms with van der Waals surface area (Å²) < 4.78 is 19.2. The molecule has 0 saturated carbocycles. The Morgan fingerprint density at radius 2 is 2.00 bits per heavy atom. The van der Waals surface area contributed by atoms with E-state index < -0.39 is 5.82 Å². The van der Waals surface area contributed by atoms with Gasteiger partial charge in [-0.25, -0.2) is 4.39 Å². The highest BCUT2D eigenvalue weighted by Crippen LogP contribution is 2.36. The predicted octanol–water partition coefficient (Wildman–Crippen LogP) is 6.90. The summed E-state index contributed by atoms with van der Waals surface area (Å²) in [6.07, 6.45) is 5.91. The van der Waals surface area contributed by atoms with E-state index in [1.165, 1.54) is 18.3 Å². The number of fused-ring (bicyclic) bond motifs is 1. The zero-order valence-corrected chi connectivity index (χ0v) is 18.1. The molecule has 7 heteroatoms. The number of benzene rings is 2. The van der Waals surface area contributed by atoms with Crippen molar-refractivity contribution in [2.45, 2.75) is 26.7 Å². The first-order valence-corrected chi connectivity index (χ1v) is 10.3. The van der Waals surface area contributed by atoms with Crippen LogP contribution in [0.4, 0.5) is 15.8 Å². The van der Waals surface area contributed by atoms with E-state index in [0.29, 0.717) is 39.7 Å². The molecule has 0 fully saturated rings. The lowest BCUT2D eigenvalue weighted by Gasteiger charge is -2.15. The van der Waals surface area contributed by atoms with Gasteiger partial charge in [-0.05, 0) is 43.7 Å². The molecule has 0 bridgehead atoms. The van der Waals surface area contributed by atoms with Crippen LogP contribution in [0.2, 0.25) is 10.0 Å². The van der Waals surface area contributed by atoms with Gasteiger partial charge in [-0.15, -0.1) is 0 Å². The predicted molar refractivity (Wildman–Crippen MR) is 121 cm³/mol. The molecule has 0 amide bonds. The topological polar surface area (TPSA) is 51.2 Å². The maximum absolute atomic E-state index is 13.5. The first-order chi connectivity index (χ1) is 14.4. The monoisotopic (exact) mass is 446 g/mol. The van der Waals surface area contributed by atoms with Crippen LogP contribution < -0.4 is 10.1 Å². The van der Waals surface area contributed by atoms with Gasteiger partial charge in [0.1, 0.15) is 11.6 Å². The van der Waals surface area contributed by atoms with E-state index >= 15 is 0 Å². The minimum absolute atomic E-state index is 0.00196. The third-order valence-corrected chi connectivity index (χ3v) is 4.97. The lowest BCUT2D eigenvalue weighted by atomic mass is 10.0. The number of anilines is 2. The summed E-state index contributed by atoms with van der Waals surface area (Å²) in [6, 6.07) is 7.97. The Labute approximate surface area is 184 Å². The second kappa shape index (κ2) is 9.92. The van der Waals surface area contributed by atoms with Crippen molar-refractivity contribution in [3.8, 4) is 5.75 Å². The molecule has 0 aliphatic heterocycles. The average molecular weight is 447 g/mol. The van der Waals surface area contributed by atoms with Crippen LogP contribution >= 0.6 is 23.2 Å². The van der Waals surface area contributed by atoms with Gasteiger partial charge in [0.2, 0.25) is 0 Å². The number of aromatic nitrogens is 1. The standard InChI is InChI=1S/C23H21Cl2FN2O2/c1-3-5-6-16(29)9-14-10-17-21(12-22(14)30-4-2)27-13-19(25)23(17)28-15-7-8-20(26)18(24)11-15/h5-8,10-13H,3-4,9H2,1-2H3,(H,27,28)/b6-5+. The molecule has 4 nitrogen and oxygen atoms in total. The molecular weight excluding hydrogens is 426 g/mol. The van der Waals surface area contributed by atoms with Gasteiger partial charge in [-0.1, -0.05) is 36.2 Å². The quantitative estimate of drug-likeness (QED) is 0.382. The molecule has 0 aliphatic carbocycles. The number of halogens is 3. The second-order valence-corrected chi connectivity index (χ2v) is 7.41. The smallest absolute Gasteiger partial charge is 0.159 e. The summed E-state index contributed by atoms with van der Waals surface area (Å²) in [5.41, 5.74) is 2.55. The summed E-state index contributed by atoms with van der Waals surface area (Å²) >= 11 is 12.3. The van der Waals surface area contributed by atoms with Crippen molar-refractivity contribution in [1.82, 2.24) is 4.98 Å². The molecule has 0 radical (unpaired) electrons. The fraction of sp³-hybridized carbons (Fsp3) is 0.217. The minimum Gasteiger partial charge on any atom is -0.494 e. The number of ether oxygens (including phenoxy) is 1. The third kappa shape index (κ3) is 5.10. The third-order valence-electron chi connectivity index (χ3n) is 4.40. The van der Waals surface area contributed by atoms with E-state index in [2.05, 4.69) is 10.3 Å². The first-order valence-electron chi connectivity index (χ1n) is 9.58. The number of rotatable bonds is 8. The van der Waals surface area contributed by atoms with Crippen molar-refractivity contribution in [3.05, 3.63) is 70.1 Å². The maximum Gasteiger partial charge on any atom is 0.159 e. The summed E-state index contributed by atoms with van der Waals surface area (Å²) in [5.74, 6) is 0.0796. The summed E-state index contributed by atoms with van der Waals surface area (Å²) in [5, 5.41) is 4.29. The van der Waals surface area contributed by atoms with Crippen LogP contribution in [0.1, 0.15) is 25.8 Å². The zero-order chi connectivity index (χ0) is 21.7. The number of hydrogen-bond acceptors (Lipinski definition) is 4. The van der Waals surface area contributed by atoms with Gasteiger partial charge in [0.25, 0.3) is 0 Å². The number of carbonyl (C=O) groups excluding carboxylic acids is 1. The van der Waals surface area contributed by atoms with E-state index in [1.807, 2.05) is 26.0 Å². The fourth-order valence-electron chi connectivity index (χ4n) is 3.01. The van der Waals surface area contributed by atoms with Gasteiger partial charge in [-0.2, -0.15) is 0 Å². The van der Waals surface area contributed by atoms with Crippen molar-refractivity contribution in [2.24, 2.45) is 0 Å². The summed E-state index contributed by atoms with van der Waals surface area (Å²) in [7, 11) is 0. The summed E-state index contributed by atoms with van der Waals surface area (Å²) in [4.78, 5) is 16.7. The van der Waals surface area contributed by atoms with Crippen molar-refractivity contribution in [3.63, 3.8) is 0 Å². The van der Waals surface area contributed by atoms with Gasteiger partial charge in [0.05, 0.1) is 27.9 Å². The number of nitrogens with one attached hydrogen (secondary N) is 1. The van der Waals surface area contributed by atoms with Crippen molar-refractivity contribution >= 4 is 51.3 Å². The lowest BCUT2D eigenvalue weighted by Crippen LogP contribution is -2.04. The van der Waals surface area contributed by atoms with E-state index in [9.17, 15) is 9.18 Å². The molecule has 2 aromatic carbocycles. The Kier molecular flexibility index (Phi) is 7.29. The van der Waals surface area contributed by atoms with Crippen molar-refractivity contribution < 1.29 is 13.9 Å². The molecule has 1 heterocycles. The highest BCUT2D eigenvalue weighted by Gasteiger charge is 2.15. The van der Waals surface area contributed by atoms with Gasteiger partial charge in [-0.3, -0.25) is 9.78 Å². The Hall–Kier alpha value is -2.63. The maximum atomic E-state index is 13.5. The van der Waals surface area contributed by atoms with Crippen LogP contribution in [0.25, 0.3) is 10.9 Å². The Morgan fingerprint density at radius 3 is 2.70 bits per heavy atom. The van der Waals surface area contributed by atoms with E-state index in [0.717, 1.165) is 12.0 Å². The largest absolute Gasteiger partial charge is 0.494 e. The Bertz CT molecular complexity index is 1120. The van der Waals surface area contributed by atoms with Crippen molar-refractivity contribution in [2.75, 3.05) is 11.9 Å². The number of allylic oxidation sites excluding steroid dienone is 2. The van der Waals surface area contributed by atoms with Crippen molar-refractivity contribution in [1.29, 1.82) is 0 Å². The lowest BCUT2D eigenvalue weighted by molar-refractivity contribution is -0.114. The molecule has 0 saturated heterocycles. The number of ketones is 1. The summed E-state index contributed by atoms with van der Waals surface area (Å²) in [6.45, 7) is 4.32. The normalized spacial score (nSPS) is 11.2. The molecule has 0 spiro atoms. The van der Waals surface area contributed by atoms with Crippen LogP contribution in [0.5, 0.6) is 5.75 Å². The molecule has 1 aromatic heterocycles. The van der Waals surface area contributed by atoms with E-state index in [1.54, 1.807) is 18.2 Å². The van der Waals surface area contributed by atoms with Gasteiger partial charge in [0, 0.05) is 35.3 Å². The molecule has 0 aliphatic rings. The van der Waals surface area contributed by atoms with Crippen LogP contribution in [-0.2, 0) is 11.2 Å². The first kappa shape index (κ1) is 22.1. The van der Waals surface area contributed by atoms with Crippen LogP contribution in [0, 0.1) is 5.82 Å². The van der Waals surface area contributed by atoms with E-state index in [-0.39, 0.29) is 17.2 Å².